The third-order valence-corrected chi connectivity index (χ3v) is 6.00. The summed E-state index contributed by atoms with van der Waals surface area (Å²) in [7, 11) is 1.69. The molecule has 1 heterocycles. The van der Waals surface area contributed by atoms with Gasteiger partial charge in [-0.05, 0) is 75.3 Å². The van der Waals surface area contributed by atoms with Crippen LogP contribution in [0.25, 0.3) is 0 Å². The number of carbonyl (C=O) groups excluding carboxylic acids is 1. The Morgan fingerprint density at radius 2 is 2.00 bits per heavy atom. The van der Waals surface area contributed by atoms with E-state index < -0.39 is 5.54 Å². The van der Waals surface area contributed by atoms with Crippen molar-refractivity contribution in [2.45, 2.75) is 57.9 Å². The standard InChI is InChI=1S/C22H31NO3S/c1-16-14-17(8-10-20(16)26-3)6-4-5-7-19(25)21-11-9-18(27-21)12-13-22(2,23)15-24/h8-11,14,24H,4-7,12-13,15,23H2,1-3H3. The van der Waals surface area contributed by atoms with Crippen LogP contribution < -0.4 is 10.5 Å². The molecule has 2 rings (SSSR count). The van der Waals surface area contributed by atoms with Gasteiger partial charge in [-0.25, -0.2) is 0 Å². The Bertz CT molecular complexity index is 752. The monoisotopic (exact) mass is 389 g/mol. The number of ketones is 1. The van der Waals surface area contributed by atoms with E-state index in [4.69, 9.17) is 10.5 Å². The molecule has 1 unspecified atom stereocenters. The number of rotatable bonds is 11. The molecule has 0 spiro atoms. The highest BCUT2D eigenvalue weighted by Crippen LogP contribution is 2.23. The van der Waals surface area contributed by atoms with E-state index in [1.54, 1.807) is 18.4 Å². The molecule has 1 atom stereocenters. The van der Waals surface area contributed by atoms with Gasteiger partial charge >= 0.3 is 0 Å². The zero-order chi connectivity index (χ0) is 19.9. The molecule has 148 valence electrons. The largest absolute Gasteiger partial charge is 0.496 e. The lowest BCUT2D eigenvalue weighted by Gasteiger charge is -2.20. The van der Waals surface area contributed by atoms with Crippen LogP contribution in [0.15, 0.2) is 30.3 Å². The summed E-state index contributed by atoms with van der Waals surface area (Å²) in [5.74, 6) is 1.13. The van der Waals surface area contributed by atoms with Crippen molar-refractivity contribution in [2.75, 3.05) is 13.7 Å². The van der Waals surface area contributed by atoms with E-state index in [1.165, 1.54) is 5.56 Å². The molecule has 1 aromatic carbocycles. The number of nitrogens with two attached hydrogens (primary N) is 1. The number of Topliss-reactive ketones (excluding diaryl/α,β-unsaturated/α-hetero) is 1. The van der Waals surface area contributed by atoms with Crippen molar-refractivity contribution < 1.29 is 14.6 Å². The Morgan fingerprint density at radius 3 is 2.67 bits per heavy atom. The lowest BCUT2D eigenvalue weighted by atomic mass is 9.98. The lowest BCUT2D eigenvalue weighted by Crippen LogP contribution is -2.40. The van der Waals surface area contributed by atoms with Gasteiger partial charge in [-0.2, -0.15) is 0 Å². The maximum atomic E-state index is 12.4. The summed E-state index contributed by atoms with van der Waals surface area (Å²) in [6, 6.07) is 10.2. The highest BCUT2D eigenvalue weighted by Gasteiger charge is 2.17. The maximum absolute atomic E-state index is 12.4. The Morgan fingerprint density at radius 1 is 1.22 bits per heavy atom. The van der Waals surface area contributed by atoms with Crippen LogP contribution in [-0.2, 0) is 12.8 Å². The zero-order valence-electron chi connectivity index (χ0n) is 16.6. The van der Waals surface area contributed by atoms with Gasteiger partial charge < -0.3 is 15.6 Å². The molecule has 0 radical (unpaired) electrons. The minimum absolute atomic E-state index is 0.0299. The van der Waals surface area contributed by atoms with Gasteiger partial charge in [0.2, 0.25) is 0 Å². The Labute approximate surface area is 166 Å². The third kappa shape index (κ3) is 6.76. The van der Waals surface area contributed by atoms with Crippen molar-refractivity contribution in [3.05, 3.63) is 51.2 Å². The van der Waals surface area contributed by atoms with Crippen LogP contribution in [0.3, 0.4) is 0 Å². The highest BCUT2D eigenvalue weighted by atomic mass is 32.1. The molecule has 27 heavy (non-hydrogen) atoms. The summed E-state index contributed by atoms with van der Waals surface area (Å²) in [6.07, 6.45) is 4.95. The van der Waals surface area contributed by atoms with Gasteiger partial charge in [-0.15, -0.1) is 11.3 Å². The predicted molar refractivity (Wildman–Crippen MR) is 112 cm³/mol. The first-order valence-corrected chi connectivity index (χ1v) is 10.3. The lowest BCUT2D eigenvalue weighted by molar-refractivity contribution is 0.0983. The Hall–Kier alpha value is -1.69. The predicted octanol–water partition coefficient (Wildman–Crippen LogP) is 4.30. The highest BCUT2D eigenvalue weighted by molar-refractivity contribution is 7.14. The van der Waals surface area contributed by atoms with Crippen molar-refractivity contribution >= 4 is 17.1 Å². The summed E-state index contributed by atoms with van der Waals surface area (Å²) in [4.78, 5) is 14.4. The summed E-state index contributed by atoms with van der Waals surface area (Å²) < 4.78 is 5.29. The number of ether oxygens (including phenoxy) is 1. The third-order valence-electron chi connectivity index (χ3n) is 4.82. The van der Waals surface area contributed by atoms with Crippen molar-refractivity contribution in [2.24, 2.45) is 5.73 Å². The summed E-state index contributed by atoms with van der Waals surface area (Å²) in [5.41, 5.74) is 7.83. The number of carbonyl (C=O) groups is 1. The van der Waals surface area contributed by atoms with Gasteiger partial charge in [0, 0.05) is 16.8 Å². The van der Waals surface area contributed by atoms with Crippen LogP contribution in [0, 0.1) is 6.92 Å². The minimum Gasteiger partial charge on any atom is -0.496 e. The average Bonchev–Trinajstić information content (AvgIpc) is 3.13. The van der Waals surface area contributed by atoms with Crippen molar-refractivity contribution in [3.63, 3.8) is 0 Å². The number of unbranched alkanes of at least 4 members (excludes halogenated alkanes) is 1. The molecule has 0 amide bonds. The average molecular weight is 390 g/mol. The van der Waals surface area contributed by atoms with E-state index in [0.717, 1.165) is 46.8 Å². The minimum atomic E-state index is -0.562. The van der Waals surface area contributed by atoms with E-state index >= 15 is 0 Å². The Balaban J connectivity index is 1.75. The van der Waals surface area contributed by atoms with E-state index in [2.05, 4.69) is 12.1 Å². The fourth-order valence-corrected chi connectivity index (χ4v) is 3.96. The molecule has 2 aromatic rings. The van der Waals surface area contributed by atoms with Gasteiger partial charge in [0.05, 0.1) is 18.6 Å². The molecular formula is C22H31NO3S. The van der Waals surface area contributed by atoms with Crippen LogP contribution in [0.4, 0.5) is 0 Å². The normalized spacial score (nSPS) is 13.4. The fraction of sp³-hybridized carbons (Fsp3) is 0.500. The van der Waals surface area contributed by atoms with Crippen LogP contribution in [0.2, 0.25) is 0 Å². The van der Waals surface area contributed by atoms with Crippen LogP contribution in [0.5, 0.6) is 5.75 Å². The molecule has 0 bridgehead atoms. The number of hydrogen-bond donors (Lipinski definition) is 2. The zero-order valence-corrected chi connectivity index (χ0v) is 17.4. The summed E-state index contributed by atoms with van der Waals surface area (Å²) >= 11 is 1.55. The molecule has 3 N–H and O–H groups in total. The second-order valence-electron chi connectivity index (χ2n) is 7.51. The molecule has 0 saturated carbocycles. The summed E-state index contributed by atoms with van der Waals surface area (Å²) in [5, 5.41) is 9.23. The van der Waals surface area contributed by atoms with Gasteiger partial charge in [-0.3, -0.25) is 4.79 Å². The SMILES string of the molecule is COc1ccc(CCCCC(=O)c2ccc(CCC(C)(N)CO)s2)cc1C. The van der Waals surface area contributed by atoms with Gasteiger partial charge in [0.15, 0.2) is 5.78 Å². The number of aliphatic hydroxyl groups excluding tert-OH is 1. The fourth-order valence-electron chi connectivity index (χ4n) is 2.98. The number of thiophene rings is 1. The van der Waals surface area contributed by atoms with E-state index in [9.17, 15) is 9.90 Å². The van der Waals surface area contributed by atoms with Gasteiger partial charge in [0.25, 0.3) is 0 Å². The number of benzene rings is 1. The number of methoxy groups -OCH3 is 1. The number of aryl methyl sites for hydroxylation is 3. The second-order valence-corrected chi connectivity index (χ2v) is 8.68. The van der Waals surface area contributed by atoms with E-state index in [-0.39, 0.29) is 12.4 Å². The molecule has 0 aliphatic carbocycles. The molecule has 0 fully saturated rings. The number of hydrogen-bond acceptors (Lipinski definition) is 5. The molecule has 0 aliphatic heterocycles. The summed E-state index contributed by atoms with van der Waals surface area (Å²) in [6.45, 7) is 3.86. The topological polar surface area (TPSA) is 72.5 Å². The molecule has 5 heteroatoms. The second kappa shape index (κ2) is 10.0. The Kier molecular flexibility index (Phi) is 8.02. The van der Waals surface area contributed by atoms with E-state index in [0.29, 0.717) is 12.8 Å². The maximum Gasteiger partial charge on any atom is 0.172 e. The van der Waals surface area contributed by atoms with E-state index in [1.807, 2.05) is 32.0 Å². The quantitative estimate of drug-likeness (QED) is 0.444. The van der Waals surface area contributed by atoms with Crippen molar-refractivity contribution in [3.8, 4) is 5.75 Å². The first-order valence-electron chi connectivity index (χ1n) is 9.50. The first kappa shape index (κ1) is 21.6. The van der Waals surface area contributed by atoms with Gasteiger partial charge in [-0.1, -0.05) is 12.1 Å². The van der Waals surface area contributed by atoms with Crippen molar-refractivity contribution in [1.29, 1.82) is 0 Å². The molecule has 1 aromatic heterocycles. The first-order chi connectivity index (χ1) is 12.8. The molecule has 4 nitrogen and oxygen atoms in total. The number of aliphatic hydroxyl groups is 1. The van der Waals surface area contributed by atoms with Crippen LogP contribution >= 0.6 is 11.3 Å². The van der Waals surface area contributed by atoms with Gasteiger partial charge in [0.1, 0.15) is 5.75 Å². The molecular weight excluding hydrogens is 358 g/mol. The molecule has 0 aliphatic rings. The van der Waals surface area contributed by atoms with Crippen molar-refractivity contribution in [1.82, 2.24) is 0 Å². The van der Waals surface area contributed by atoms with Crippen LogP contribution in [-0.4, -0.2) is 30.1 Å². The molecule has 0 saturated heterocycles. The smallest absolute Gasteiger partial charge is 0.172 e. The van der Waals surface area contributed by atoms with Crippen LogP contribution in [0.1, 0.15) is 58.3 Å².